The lowest BCUT2D eigenvalue weighted by Gasteiger charge is -2.05. The highest BCUT2D eigenvalue weighted by Crippen LogP contribution is 2.48. The molecule has 1 aliphatic carbocycles. The minimum absolute atomic E-state index is 0.102. The molecule has 0 radical (unpaired) electrons. The fourth-order valence-corrected chi connectivity index (χ4v) is 2.97. The van der Waals surface area contributed by atoms with Gasteiger partial charge in [-0.1, -0.05) is 23.7 Å². The summed E-state index contributed by atoms with van der Waals surface area (Å²) in [5.74, 6) is 0.403. The van der Waals surface area contributed by atoms with Gasteiger partial charge in [-0.15, -0.1) is 0 Å². The first kappa shape index (κ1) is 14.2. The molecule has 1 aromatic heterocycles. The van der Waals surface area contributed by atoms with E-state index in [0.717, 1.165) is 22.9 Å². The summed E-state index contributed by atoms with van der Waals surface area (Å²) in [7, 11) is 0. The van der Waals surface area contributed by atoms with Crippen molar-refractivity contribution in [3.8, 4) is 5.75 Å². The molecule has 0 unspecified atom stereocenters. The van der Waals surface area contributed by atoms with Crippen molar-refractivity contribution in [1.29, 1.82) is 0 Å². The number of halogens is 1. The van der Waals surface area contributed by atoms with E-state index in [1.54, 1.807) is 18.3 Å². The van der Waals surface area contributed by atoms with Crippen LogP contribution in [0.4, 0.5) is 0 Å². The number of ether oxygens (including phenoxy) is 1. The van der Waals surface area contributed by atoms with Crippen molar-refractivity contribution in [2.24, 2.45) is 5.92 Å². The molecule has 2 aromatic carbocycles. The third kappa shape index (κ3) is 2.90. The molecule has 0 spiro atoms. The minimum Gasteiger partial charge on any atom is -0.426 e. The zero-order valence-electron chi connectivity index (χ0n) is 12.1. The van der Waals surface area contributed by atoms with Gasteiger partial charge in [-0.05, 0) is 42.2 Å². The van der Waals surface area contributed by atoms with E-state index in [4.69, 9.17) is 16.3 Å². The van der Waals surface area contributed by atoms with E-state index >= 15 is 0 Å². The quantitative estimate of drug-likeness (QED) is 0.540. The fraction of sp³-hybridized carbons (Fsp3) is 0.167. The number of esters is 1. The van der Waals surface area contributed by atoms with Gasteiger partial charge in [0.05, 0.1) is 11.4 Å². The predicted octanol–water partition coefficient (Wildman–Crippen LogP) is 3.99. The van der Waals surface area contributed by atoms with Crippen LogP contribution in [0.25, 0.3) is 10.9 Å². The number of hydrogen-bond acceptors (Lipinski definition) is 4. The van der Waals surface area contributed by atoms with Crippen molar-refractivity contribution in [2.75, 3.05) is 0 Å². The van der Waals surface area contributed by atoms with Crippen LogP contribution in [0.15, 0.2) is 55.0 Å². The number of aromatic nitrogens is 2. The molecule has 1 saturated carbocycles. The summed E-state index contributed by atoms with van der Waals surface area (Å²) in [6.45, 7) is 0. The van der Waals surface area contributed by atoms with Crippen LogP contribution in [0.1, 0.15) is 17.9 Å². The normalized spacial score (nSPS) is 19.5. The van der Waals surface area contributed by atoms with Gasteiger partial charge in [0.2, 0.25) is 0 Å². The van der Waals surface area contributed by atoms with Crippen LogP contribution in [0.5, 0.6) is 5.75 Å². The first-order valence-electron chi connectivity index (χ1n) is 7.37. The Bertz CT molecular complexity index is 897. The Hall–Kier alpha value is -2.46. The predicted molar refractivity (Wildman–Crippen MR) is 87.5 cm³/mol. The monoisotopic (exact) mass is 324 g/mol. The second-order valence-corrected chi connectivity index (χ2v) is 6.10. The Labute approximate surface area is 138 Å². The molecule has 114 valence electrons. The molecule has 0 N–H and O–H groups in total. The average molecular weight is 325 g/mol. The van der Waals surface area contributed by atoms with Crippen LogP contribution >= 0.6 is 11.6 Å². The van der Waals surface area contributed by atoms with Crippen LogP contribution in [0.3, 0.4) is 0 Å². The Morgan fingerprint density at radius 1 is 1.22 bits per heavy atom. The average Bonchev–Trinajstić information content (AvgIpc) is 3.35. The maximum atomic E-state index is 12.3. The summed E-state index contributed by atoms with van der Waals surface area (Å²) in [4.78, 5) is 20.4. The van der Waals surface area contributed by atoms with Crippen LogP contribution < -0.4 is 4.74 Å². The highest BCUT2D eigenvalue weighted by molar-refractivity contribution is 6.30. The topological polar surface area (TPSA) is 52.1 Å². The summed E-state index contributed by atoms with van der Waals surface area (Å²) in [5, 5.41) is 1.60. The zero-order valence-corrected chi connectivity index (χ0v) is 12.9. The lowest BCUT2D eigenvalue weighted by atomic mass is 10.1. The van der Waals surface area contributed by atoms with Gasteiger partial charge in [-0.2, -0.15) is 0 Å². The van der Waals surface area contributed by atoms with Crippen molar-refractivity contribution < 1.29 is 9.53 Å². The third-order valence-electron chi connectivity index (χ3n) is 4.07. The largest absolute Gasteiger partial charge is 0.426 e. The molecule has 1 aliphatic rings. The number of fused-ring (bicyclic) bond motifs is 1. The number of rotatable bonds is 3. The maximum Gasteiger partial charge on any atom is 0.314 e. The van der Waals surface area contributed by atoms with Crippen LogP contribution in [0.2, 0.25) is 5.02 Å². The van der Waals surface area contributed by atoms with Crippen LogP contribution in [-0.2, 0) is 4.79 Å². The smallest absolute Gasteiger partial charge is 0.314 e. The van der Waals surface area contributed by atoms with Crippen molar-refractivity contribution in [3.05, 3.63) is 65.6 Å². The second-order valence-electron chi connectivity index (χ2n) is 5.67. The number of carbonyl (C=O) groups is 1. The van der Waals surface area contributed by atoms with Gasteiger partial charge in [0, 0.05) is 22.7 Å². The van der Waals surface area contributed by atoms with Crippen molar-refractivity contribution in [2.45, 2.75) is 12.3 Å². The summed E-state index contributed by atoms with van der Waals surface area (Å²) in [6.07, 6.45) is 4.00. The van der Waals surface area contributed by atoms with Gasteiger partial charge in [-0.3, -0.25) is 4.79 Å². The molecule has 2 atom stereocenters. The Morgan fingerprint density at radius 2 is 2.13 bits per heavy atom. The van der Waals surface area contributed by atoms with Gasteiger partial charge in [-0.25, -0.2) is 9.97 Å². The Balaban J connectivity index is 1.48. The molecule has 23 heavy (non-hydrogen) atoms. The fourth-order valence-electron chi connectivity index (χ4n) is 2.77. The molecule has 5 heteroatoms. The van der Waals surface area contributed by atoms with Gasteiger partial charge in [0.1, 0.15) is 12.1 Å². The Morgan fingerprint density at radius 3 is 3.00 bits per heavy atom. The highest BCUT2D eigenvalue weighted by atomic mass is 35.5. The number of carbonyl (C=O) groups excluding carboxylic acids is 1. The summed E-state index contributed by atoms with van der Waals surface area (Å²) in [5.41, 5.74) is 1.85. The molecule has 0 amide bonds. The van der Waals surface area contributed by atoms with E-state index in [2.05, 4.69) is 9.97 Å². The highest BCUT2D eigenvalue weighted by Gasteiger charge is 2.45. The molecular formula is C18H13ClN2O2. The van der Waals surface area contributed by atoms with E-state index < -0.39 is 0 Å². The van der Waals surface area contributed by atoms with E-state index in [1.807, 2.05) is 30.3 Å². The molecule has 0 bridgehead atoms. The summed E-state index contributed by atoms with van der Waals surface area (Å²) < 4.78 is 5.50. The minimum atomic E-state index is -0.205. The van der Waals surface area contributed by atoms with E-state index in [-0.39, 0.29) is 17.8 Å². The van der Waals surface area contributed by atoms with Crippen molar-refractivity contribution in [3.63, 3.8) is 0 Å². The summed E-state index contributed by atoms with van der Waals surface area (Å²) >= 11 is 6.00. The first-order chi connectivity index (χ1) is 11.2. The number of hydrogen-bond donors (Lipinski definition) is 0. The molecule has 1 heterocycles. The molecule has 1 fully saturated rings. The van der Waals surface area contributed by atoms with Crippen molar-refractivity contribution >= 4 is 28.5 Å². The van der Waals surface area contributed by atoms with Crippen molar-refractivity contribution in [1.82, 2.24) is 9.97 Å². The molecule has 4 nitrogen and oxygen atoms in total. The van der Waals surface area contributed by atoms with Crippen LogP contribution in [-0.4, -0.2) is 15.9 Å². The first-order valence-corrected chi connectivity index (χ1v) is 7.75. The molecular weight excluding hydrogens is 312 g/mol. The van der Waals surface area contributed by atoms with Gasteiger partial charge in [0.25, 0.3) is 0 Å². The zero-order chi connectivity index (χ0) is 15.8. The van der Waals surface area contributed by atoms with E-state index in [0.29, 0.717) is 10.8 Å². The SMILES string of the molecule is O=C(Oc1ccc2cncnc2c1)[C@@H]1C[C@H]1c1cccc(Cl)c1. The van der Waals surface area contributed by atoms with Gasteiger partial charge < -0.3 is 4.74 Å². The van der Waals surface area contributed by atoms with E-state index in [1.165, 1.54) is 6.33 Å². The number of nitrogens with zero attached hydrogens (tertiary/aromatic N) is 2. The molecule has 3 aromatic rings. The number of benzene rings is 2. The second kappa shape index (κ2) is 5.63. The van der Waals surface area contributed by atoms with Crippen LogP contribution in [0, 0.1) is 5.92 Å². The third-order valence-corrected chi connectivity index (χ3v) is 4.30. The molecule has 0 aliphatic heterocycles. The maximum absolute atomic E-state index is 12.3. The van der Waals surface area contributed by atoms with E-state index in [9.17, 15) is 4.79 Å². The summed E-state index contributed by atoms with van der Waals surface area (Å²) in [6, 6.07) is 13.0. The molecule has 4 rings (SSSR count). The lowest BCUT2D eigenvalue weighted by molar-refractivity contribution is -0.135. The Kier molecular flexibility index (Phi) is 3.46. The van der Waals surface area contributed by atoms with Gasteiger partial charge >= 0.3 is 5.97 Å². The van der Waals surface area contributed by atoms with Gasteiger partial charge in [0.15, 0.2) is 0 Å². The standard InChI is InChI=1S/C18H13ClN2O2/c19-13-3-1-2-11(6-13)15-8-16(15)18(22)23-14-5-4-12-9-20-10-21-17(12)7-14/h1-7,9-10,15-16H,8H2/t15-,16+/m0/s1. The molecule has 0 saturated heterocycles. The lowest BCUT2D eigenvalue weighted by Crippen LogP contribution is -2.11.